The summed E-state index contributed by atoms with van der Waals surface area (Å²) in [5.74, 6) is -0.780. The van der Waals surface area contributed by atoms with Gasteiger partial charge in [-0.3, -0.25) is 9.59 Å². The van der Waals surface area contributed by atoms with E-state index >= 15 is 0 Å². The number of hydrogen-bond donors (Lipinski definition) is 2. The topological polar surface area (TPSA) is 77.1 Å². The zero-order valence-corrected chi connectivity index (χ0v) is 9.97. The van der Waals surface area contributed by atoms with Crippen molar-refractivity contribution in [2.24, 2.45) is 0 Å². The average Bonchev–Trinajstić information content (AvgIpc) is 2.36. The van der Waals surface area contributed by atoms with E-state index in [1.165, 1.54) is 36.7 Å². The van der Waals surface area contributed by atoms with Crippen LogP contribution >= 0.6 is 0 Å². The van der Waals surface area contributed by atoms with Crippen molar-refractivity contribution in [3.05, 3.63) is 58.8 Å². The van der Waals surface area contributed by atoms with Crippen LogP contribution in [0.2, 0.25) is 0 Å². The lowest BCUT2D eigenvalue weighted by Gasteiger charge is -2.09. The van der Waals surface area contributed by atoms with Crippen molar-refractivity contribution in [1.82, 2.24) is 4.57 Å². The maximum atomic E-state index is 12.8. The maximum Gasteiger partial charge on any atom is 0.244 e. The van der Waals surface area contributed by atoms with Crippen LogP contribution in [-0.2, 0) is 11.3 Å². The Kier molecular flexibility index (Phi) is 3.61. The van der Waals surface area contributed by atoms with Crippen molar-refractivity contribution in [2.75, 3.05) is 11.1 Å². The summed E-state index contributed by atoms with van der Waals surface area (Å²) in [6, 6.07) is 6.47. The highest BCUT2D eigenvalue weighted by Crippen LogP contribution is 2.18. The van der Waals surface area contributed by atoms with Crippen LogP contribution in [0.25, 0.3) is 0 Å². The molecule has 3 N–H and O–H groups in total. The molecule has 0 aliphatic rings. The second-order valence-electron chi connectivity index (χ2n) is 3.99. The number of benzene rings is 1. The van der Waals surface area contributed by atoms with E-state index in [1.54, 1.807) is 4.57 Å². The second kappa shape index (κ2) is 5.34. The summed E-state index contributed by atoms with van der Waals surface area (Å²) in [6.45, 7) is 0.0388. The SMILES string of the molecule is Nc1cc(F)ccc1NC(=O)Cn1ccc(=O)cc1. The van der Waals surface area contributed by atoms with E-state index in [2.05, 4.69) is 5.32 Å². The molecule has 0 aliphatic heterocycles. The molecule has 0 atom stereocenters. The average molecular weight is 261 g/mol. The molecule has 0 spiro atoms. The van der Waals surface area contributed by atoms with Gasteiger partial charge < -0.3 is 15.6 Å². The van der Waals surface area contributed by atoms with E-state index < -0.39 is 5.82 Å². The molecular weight excluding hydrogens is 249 g/mol. The van der Waals surface area contributed by atoms with E-state index in [0.717, 1.165) is 6.07 Å². The predicted octanol–water partition coefficient (Wildman–Crippen LogP) is 1.21. The number of halogens is 1. The van der Waals surface area contributed by atoms with Crippen molar-refractivity contribution >= 4 is 17.3 Å². The van der Waals surface area contributed by atoms with Crippen LogP contribution < -0.4 is 16.5 Å². The van der Waals surface area contributed by atoms with Crippen LogP contribution in [0.4, 0.5) is 15.8 Å². The lowest BCUT2D eigenvalue weighted by atomic mass is 10.2. The third-order valence-corrected chi connectivity index (χ3v) is 2.47. The zero-order valence-electron chi connectivity index (χ0n) is 9.97. The van der Waals surface area contributed by atoms with Gasteiger partial charge in [-0.2, -0.15) is 0 Å². The smallest absolute Gasteiger partial charge is 0.244 e. The Morgan fingerprint density at radius 2 is 1.95 bits per heavy atom. The number of nitrogens with zero attached hydrogens (tertiary/aromatic N) is 1. The molecule has 19 heavy (non-hydrogen) atoms. The fourth-order valence-electron chi connectivity index (χ4n) is 1.55. The molecule has 0 saturated carbocycles. The summed E-state index contributed by atoms with van der Waals surface area (Å²) >= 11 is 0. The van der Waals surface area contributed by atoms with E-state index in [4.69, 9.17) is 5.73 Å². The van der Waals surface area contributed by atoms with E-state index in [-0.39, 0.29) is 23.6 Å². The van der Waals surface area contributed by atoms with Crippen LogP contribution in [0.1, 0.15) is 0 Å². The Labute approximate surface area is 108 Å². The largest absolute Gasteiger partial charge is 0.397 e. The zero-order chi connectivity index (χ0) is 13.8. The lowest BCUT2D eigenvalue weighted by Crippen LogP contribution is -2.20. The summed E-state index contributed by atoms with van der Waals surface area (Å²) in [7, 11) is 0. The molecule has 5 nitrogen and oxygen atoms in total. The van der Waals surface area contributed by atoms with Crippen LogP contribution in [0.15, 0.2) is 47.5 Å². The van der Waals surface area contributed by atoms with Gasteiger partial charge in [0.05, 0.1) is 11.4 Å². The molecule has 0 saturated heterocycles. The van der Waals surface area contributed by atoms with Gasteiger partial charge in [0.25, 0.3) is 0 Å². The minimum atomic E-state index is -0.462. The number of amides is 1. The first kappa shape index (κ1) is 12.8. The number of carbonyl (C=O) groups is 1. The highest BCUT2D eigenvalue weighted by molar-refractivity contribution is 5.93. The number of rotatable bonds is 3. The molecule has 6 heteroatoms. The van der Waals surface area contributed by atoms with Crippen LogP contribution in [0, 0.1) is 5.82 Å². The molecule has 2 aromatic rings. The summed E-state index contributed by atoms with van der Waals surface area (Å²) in [5, 5.41) is 2.57. The van der Waals surface area contributed by atoms with Gasteiger partial charge in [0.1, 0.15) is 12.4 Å². The number of nitrogen functional groups attached to an aromatic ring is 1. The van der Waals surface area contributed by atoms with E-state index in [9.17, 15) is 14.0 Å². The first-order valence-corrected chi connectivity index (χ1v) is 5.55. The molecular formula is C13H12FN3O2. The number of anilines is 2. The number of hydrogen-bond acceptors (Lipinski definition) is 3. The van der Waals surface area contributed by atoms with Crippen molar-refractivity contribution in [3.63, 3.8) is 0 Å². The quantitative estimate of drug-likeness (QED) is 0.815. The Hall–Kier alpha value is -2.63. The van der Waals surface area contributed by atoms with Gasteiger partial charge >= 0.3 is 0 Å². The molecule has 1 heterocycles. The molecule has 1 aromatic carbocycles. The highest BCUT2D eigenvalue weighted by Gasteiger charge is 2.06. The molecule has 0 fully saturated rings. The van der Waals surface area contributed by atoms with Gasteiger partial charge in [-0.05, 0) is 18.2 Å². The third-order valence-electron chi connectivity index (χ3n) is 2.47. The molecule has 1 amide bonds. The van der Waals surface area contributed by atoms with Gasteiger partial charge in [0.15, 0.2) is 5.43 Å². The maximum absolute atomic E-state index is 12.8. The summed E-state index contributed by atoms with van der Waals surface area (Å²) in [5.41, 5.74) is 5.97. The Morgan fingerprint density at radius 3 is 2.58 bits per heavy atom. The molecule has 0 bridgehead atoms. The number of nitrogens with one attached hydrogen (secondary N) is 1. The second-order valence-corrected chi connectivity index (χ2v) is 3.99. The fourth-order valence-corrected chi connectivity index (χ4v) is 1.55. The number of nitrogens with two attached hydrogens (primary N) is 1. The van der Waals surface area contributed by atoms with Crippen molar-refractivity contribution in [3.8, 4) is 0 Å². The molecule has 1 aromatic heterocycles. The Bertz CT molecular complexity index is 647. The summed E-state index contributed by atoms with van der Waals surface area (Å²) in [6.07, 6.45) is 3.02. The summed E-state index contributed by atoms with van der Waals surface area (Å²) < 4.78 is 14.4. The van der Waals surface area contributed by atoms with Crippen molar-refractivity contribution < 1.29 is 9.18 Å². The first-order valence-electron chi connectivity index (χ1n) is 5.55. The highest BCUT2D eigenvalue weighted by atomic mass is 19.1. The normalized spacial score (nSPS) is 10.2. The van der Waals surface area contributed by atoms with Gasteiger partial charge in [0, 0.05) is 24.5 Å². The van der Waals surface area contributed by atoms with Crippen LogP contribution in [0.3, 0.4) is 0 Å². The first-order chi connectivity index (χ1) is 9.04. The molecule has 0 aliphatic carbocycles. The van der Waals surface area contributed by atoms with Gasteiger partial charge in [-0.1, -0.05) is 0 Å². The summed E-state index contributed by atoms with van der Waals surface area (Å²) in [4.78, 5) is 22.7. The van der Waals surface area contributed by atoms with Gasteiger partial charge in [-0.15, -0.1) is 0 Å². The van der Waals surface area contributed by atoms with E-state index in [1.807, 2.05) is 0 Å². The lowest BCUT2D eigenvalue weighted by molar-refractivity contribution is -0.116. The molecule has 0 radical (unpaired) electrons. The van der Waals surface area contributed by atoms with E-state index in [0.29, 0.717) is 5.69 Å². The minimum absolute atomic E-state index is 0.0388. The molecule has 2 rings (SSSR count). The number of carbonyl (C=O) groups excluding carboxylic acids is 1. The Morgan fingerprint density at radius 1 is 1.26 bits per heavy atom. The standard InChI is InChI=1S/C13H12FN3O2/c14-9-1-2-12(11(15)7-9)16-13(19)8-17-5-3-10(18)4-6-17/h1-7H,8,15H2,(H,16,19). The molecule has 98 valence electrons. The number of aromatic nitrogens is 1. The minimum Gasteiger partial charge on any atom is -0.397 e. The third kappa shape index (κ3) is 3.41. The molecule has 0 unspecified atom stereocenters. The van der Waals surface area contributed by atoms with Crippen LogP contribution in [-0.4, -0.2) is 10.5 Å². The predicted molar refractivity (Wildman–Crippen MR) is 70.1 cm³/mol. The van der Waals surface area contributed by atoms with Gasteiger partial charge in [0.2, 0.25) is 5.91 Å². The van der Waals surface area contributed by atoms with Crippen LogP contribution in [0.5, 0.6) is 0 Å². The van der Waals surface area contributed by atoms with Gasteiger partial charge in [-0.25, -0.2) is 4.39 Å². The fraction of sp³-hybridized carbons (Fsp3) is 0.0769. The van der Waals surface area contributed by atoms with Crippen molar-refractivity contribution in [2.45, 2.75) is 6.54 Å². The van der Waals surface area contributed by atoms with Crippen molar-refractivity contribution in [1.29, 1.82) is 0 Å². The Balaban J connectivity index is 2.05. The number of pyridine rings is 1. The monoisotopic (exact) mass is 261 g/mol.